The van der Waals surface area contributed by atoms with Gasteiger partial charge in [0.05, 0.1) is 30.3 Å². The van der Waals surface area contributed by atoms with Crippen molar-refractivity contribution < 1.29 is 19.1 Å². The molecule has 1 aliphatic rings. The number of anilines is 2. The number of likely N-dealkylation sites (tertiary alicyclic amines) is 1. The van der Waals surface area contributed by atoms with E-state index in [-0.39, 0.29) is 30.2 Å². The number of ether oxygens (including phenoxy) is 1. The topological polar surface area (TPSA) is 87.7 Å². The first kappa shape index (κ1) is 22.5. The van der Waals surface area contributed by atoms with Gasteiger partial charge in [-0.1, -0.05) is 24.3 Å². The Kier molecular flexibility index (Phi) is 7.78. The van der Waals surface area contributed by atoms with Crippen LogP contribution in [0.15, 0.2) is 48.5 Å². The van der Waals surface area contributed by atoms with Crippen molar-refractivity contribution in [3.05, 3.63) is 59.7 Å². The van der Waals surface area contributed by atoms with E-state index in [1.807, 2.05) is 36.1 Å². The van der Waals surface area contributed by atoms with Gasteiger partial charge in [0.2, 0.25) is 5.91 Å². The van der Waals surface area contributed by atoms with E-state index >= 15 is 0 Å². The van der Waals surface area contributed by atoms with Crippen LogP contribution in [0.4, 0.5) is 11.4 Å². The SMILES string of the molecule is CCOC(=O)[C@H]1CCCN(CC(=O)Nc2ccccc2C(=O)Nc2cccc(C)c2)C1. The molecule has 1 heterocycles. The summed E-state index contributed by atoms with van der Waals surface area (Å²) < 4.78 is 5.12. The molecule has 2 amide bonds. The van der Waals surface area contributed by atoms with Crippen LogP contribution >= 0.6 is 0 Å². The molecule has 7 nitrogen and oxygen atoms in total. The monoisotopic (exact) mass is 423 g/mol. The number of amides is 2. The molecular weight excluding hydrogens is 394 g/mol. The zero-order valence-electron chi connectivity index (χ0n) is 18.0. The molecule has 164 valence electrons. The number of carbonyl (C=O) groups excluding carboxylic acids is 3. The summed E-state index contributed by atoms with van der Waals surface area (Å²) in [5.74, 6) is -0.915. The number of nitrogens with one attached hydrogen (secondary N) is 2. The number of piperidine rings is 1. The van der Waals surface area contributed by atoms with Gasteiger partial charge in [-0.05, 0) is 63.1 Å². The number of nitrogens with zero attached hydrogens (tertiary/aromatic N) is 1. The normalized spacial score (nSPS) is 16.4. The van der Waals surface area contributed by atoms with Gasteiger partial charge in [-0.2, -0.15) is 0 Å². The van der Waals surface area contributed by atoms with Crippen molar-refractivity contribution in [1.29, 1.82) is 0 Å². The fraction of sp³-hybridized carbons (Fsp3) is 0.375. The van der Waals surface area contributed by atoms with Crippen LogP contribution in [0.2, 0.25) is 0 Å². The number of carbonyl (C=O) groups is 3. The van der Waals surface area contributed by atoms with E-state index in [9.17, 15) is 14.4 Å². The first-order valence-corrected chi connectivity index (χ1v) is 10.6. The Bertz CT molecular complexity index is 944. The number of benzene rings is 2. The minimum atomic E-state index is -0.290. The fourth-order valence-corrected chi connectivity index (χ4v) is 3.76. The first-order valence-electron chi connectivity index (χ1n) is 10.6. The van der Waals surface area contributed by atoms with Crippen molar-refractivity contribution in [2.24, 2.45) is 5.92 Å². The molecule has 2 aromatic carbocycles. The summed E-state index contributed by atoms with van der Waals surface area (Å²) in [6, 6.07) is 14.5. The molecule has 3 rings (SSSR count). The van der Waals surface area contributed by atoms with Crippen molar-refractivity contribution in [3.8, 4) is 0 Å². The van der Waals surface area contributed by atoms with Gasteiger partial charge in [0, 0.05) is 12.2 Å². The number of hydrogen-bond donors (Lipinski definition) is 2. The molecule has 2 N–H and O–H groups in total. The van der Waals surface area contributed by atoms with E-state index < -0.39 is 0 Å². The van der Waals surface area contributed by atoms with Crippen LogP contribution in [0.25, 0.3) is 0 Å². The summed E-state index contributed by atoms with van der Waals surface area (Å²) in [4.78, 5) is 39.4. The Morgan fingerprint density at radius 1 is 1.10 bits per heavy atom. The second kappa shape index (κ2) is 10.7. The maximum atomic E-state index is 12.8. The van der Waals surface area contributed by atoms with E-state index in [0.717, 1.165) is 24.9 Å². The van der Waals surface area contributed by atoms with E-state index in [1.165, 1.54) is 0 Å². The Morgan fingerprint density at radius 2 is 1.90 bits per heavy atom. The quantitative estimate of drug-likeness (QED) is 0.666. The molecule has 1 saturated heterocycles. The van der Waals surface area contributed by atoms with Crippen LogP contribution in [0.3, 0.4) is 0 Å². The predicted molar refractivity (Wildman–Crippen MR) is 120 cm³/mol. The zero-order chi connectivity index (χ0) is 22.2. The molecule has 2 aromatic rings. The molecule has 0 unspecified atom stereocenters. The van der Waals surface area contributed by atoms with Gasteiger partial charge in [-0.25, -0.2) is 0 Å². The maximum absolute atomic E-state index is 12.8. The highest BCUT2D eigenvalue weighted by Gasteiger charge is 2.28. The van der Waals surface area contributed by atoms with E-state index in [1.54, 1.807) is 31.2 Å². The van der Waals surface area contributed by atoms with Gasteiger partial charge >= 0.3 is 5.97 Å². The summed E-state index contributed by atoms with van der Waals surface area (Å²) in [5.41, 5.74) is 2.59. The van der Waals surface area contributed by atoms with Gasteiger partial charge < -0.3 is 15.4 Å². The standard InChI is InChI=1S/C24H29N3O4/c1-3-31-24(30)18-9-7-13-27(15-18)16-22(28)26-21-12-5-4-11-20(21)23(29)25-19-10-6-8-17(2)14-19/h4-6,8,10-12,14,18H,3,7,9,13,15-16H2,1-2H3,(H,25,29)(H,26,28)/t18-/m0/s1. The number of para-hydroxylation sites is 1. The van der Waals surface area contributed by atoms with Crippen molar-refractivity contribution in [2.45, 2.75) is 26.7 Å². The first-order chi connectivity index (χ1) is 15.0. The largest absolute Gasteiger partial charge is 0.466 e. The lowest BCUT2D eigenvalue weighted by atomic mass is 9.98. The third-order valence-electron chi connectivity index (χ3n) is 5.21. The molecule has 1 fully saturated rings. The van der Waals surface area contributed by atoms with Gasteiger partial charge in [-0.3, -0.25) is 19.3 Å². The van der Waals surface area contributed by atoms with Gasteiger partial charge in [0.1, 0.15) is 0 Å². The van der Waals surface area contributed by atoms with Crippen molar-refractivity contribution in [1.82, 2.24) is 4.90 Å². The molecule has 7 heteroatoms. The van der Waals surface area contributed by atoms with E-state index in [0.29, 0.717) is 30.1 Å². The zero-order valence-corrected chi connectivity index (χ0v) is 18.0. The molecule has 0 radical (unpaired) electrons. The van der Waals surface area contributed by atoms with Crippen LogP contribution in [-0.2, 0) is 14.3 Å². The summed E-state index contributed by atoms with van der Waals surface area (Å²) in [6.07, 6.45) is 1.62. The summed E-state index contributed by atoms with van der Waals surface area (Å²) in [5, 5.41) is 5.72. The molecule has 0 spiro atoms. The number of aryl methyl sites for hydroxylation is 1. The van der Waals surface area contributed by atoms with Crippen LogP contribution in [0, 0.1) is 12.8 Å². The summed E-state index contributed by atoms with van der Waals surface area (Å²) in [7, 11) is 0. The Hall–Kier alpha value is -3.19. The number of esters is 1. The number of hydrogen-bond acceptors (Lipinski definition) is 5. The summed E-state index contributed by atoms with van der Waals surface area (Å²) >= 11 is 0. The molecule has 1 aliphatic heterocycles. The van der Waals surface area contributed by atoms with Crippen molar-refractivity contribution in [3.63, 3.8) is 0 Å². The molecule has 0 aromatic heterocycles. The lowest BCUT2D eigenvalue weighted by molar-refractivity contribution is -0.150. The third-order valence-corrected chi connectivity index (χ3v) is 5.21. The van der Waals surface area contributed by atoms with Gasteiger partial charge in [0.25, 0.3) is 5.91 Å². The lowest BCUT2D eigenvalue weighted by Crippen LogP contribution is -2.43. The molecular formula is C24H29N3O4. The average Bonchev–Trinajstić information content (AvgIpc) is 2.74. The highest BCUT2D eigenvalue weighted by molar-refractivity contribution is 6.10. The molecule has 1 atom stereocenters. The minimum absolute atomic E-state index is 0.156. The summed E-state index contributed by atoms with van der Waals surface area (Å²) in [6.45, 7) is 5.51. The van der Waals surface area contributed by atoms with Gasteiger partial charge in [-0.15, -0.1) is 0 Å². The van der Waals surface area contributed by atoms with Crippen molar-refractivity contribution >= 4 is 29.2 Å². The molecule has 0 bridgehead atoms. The van der Waals surface area contributed by atoms with Crippen molar-refractivity contribution in [2.75, 3.05) is 36.9 Å². The third kappa shape index (κ3) is 6.39. The molecule has 31 heavy (non-hydrogen) atoms. The highest BCUT2D eigenvalue weighted by Crippen LogP contribution is 2.20. The number of rotatable bonds is 7. The smallest absolute Gasteiger partial charge is 0.310 e. The predicted octanol–water partition coefficient (Wildman–Crippen LogP) is 3.46. The Labute approximate surface area is 182 Å². The van der Waals surface area contributed by atoms with Crippen LogP contribution in [0.5, 0.6) is 0 Å². The highest BCUT2D eigenvalue weighted by atomic mass is 16.5. The molecule has 0 saturated carbocycles. The Morgan fingerprint density at radius 3 is 2.68 bits per heavy atom. The van der Waals surface area contributed by atoms with E-state index in [4.69, 9.17) is 4.74 Å². The second-order valence-corrected chi connectivity index (χ2v) is 7.74. The van der Waals surface area contributed by atoms with Gasteiger partial charge in [0.15, 0.2) is 0 Å². The van der Waals surface area contributed by atoms with E-state index in [2.05, 4.69) is 10.6 Å². The Balaban J connectivity index is 1.61. The minimum Gasteiger partial charge on any atom is -0.466 e. The maximum Gasteiger partial charge on any atom is 0.310 e. The average molecular weight is 424 g/mol. The lowest BCUT2D eigenvalue weighted by Gasteiger charge is -2.30. The molecule has 0 aliphatic carbocycles. The second-order valence-electron chi connectivity index (χ2n) is 7.74. The van der Waals surface area contributed by atoms with Crippen LogP contribution < -0.4 is 10.6 Å². The van der Waals surface area contributed by atoms with Crippen LogP contribution in [0.1, 0.15) is 35.7 Å². The fourth-order valence-electron chi connectivity index (χ4n) is 3.76. The van der Waals surface area contributed by atoms with Crippen LogP contribution in [-0.4, -0.2) is 48.9 Å².